The number of aromatic nitrogens is 1. The van der Waals surface area contributed by atoms with Gasteiger partial charge in [-0.15, -0.1) is 0 Å². The maximum Gasteiger partial charge on any atom is 0.244 e. The molecular weight excluding hydrogens is 280 g/mol. The van der Waals surface area contributed by atoms with Crippen LogP contribution in [0.15, 0.2) is 23.2 Å². The average molecular weight is 300 g/mol. The van der Waals surface area contributed by atoms with Crippen molar-refractivity contribution in [2.24, 2.45) is 5.73 Å². The van der Waals surface area contributed by atoms with Crippen molar-refractivity contribution >= 4 is 21.7 Å². The molecular formula is C12H20N4O3S. The first-order valence-electron chi connectivity index (χ1n) is 6.36. The lowest BCUT2D eigenvalue weighted by molar-refractivity contribution is -0.118. The third-order valence-corrected chi connectivity index (χ3v) is 4.09. The van der Waals surface area contributed by atoms with Crippen molar-refractivity contribution < 1.29 is 13.2 Å². The van der Waals surface area contributed by atoms with Gasteiger partial charge in [0.15, 0.2) is 0 Å². The molecule has 0 spiro atoms. The quantitative estimate of drug-likeness (QED) is 0.644. The molecule has 0 saturated carbocycles. The van der Waals surface area contributed by atoms with E-state index in [4.69, 9.17) is 5.73 Å². The Morgan fingerprint density at radius 1 is 1.50 bits per heavy atom. The topological polar surface area (TPSA) is 114 Å². The van der Waals surface area contributed by atoms with Gasteiger partial charge in [-0.05, 0) is 25.5 Å². The molecule has 1 aromatic heterocycles. The number of hydrogen-bond acceptors (Lipinski definition) is 5. The van der Waals surface area contributed by atoms with Gasteiger partial charge in [0.25, 0.3) is 0 Å². The molecule has 0 aliphatic heterocycles. The number of pyridine rings is 1. The van der Waals surface area contributed by atoms with E-state index in [1.165, 1.54) is 12.3 Å². The van der Waals surface area contributed by atoms with E-state index in [-0.39, 0.29) is 11.3 Å². The average Bonchev–Trinajstić information content (AvgIpc) is 2.34. The van der Waals surface area contributed by atoms with Crippen molar-refractivity contribution in [3.8, 4) is 0 Å². The predicted octanol–water partition coefficient (Wildman–Crippen LogP) is 0.446. The molecule has 4 N–H and O–H groups in total. The van der Waals surface area contributed by atoms with E-state index in [0.29, 0.717) is 12.4 Å². The van der Waals surface area contributed by atoms with Crippen molar-refractivity contribution in [3.63, 3.8) is 0 Å². The number of hydrogen-bond donors (Lipinski definition) is 3. The first-order valence-corrected chi connectivity index (χ1v) is 7.84. The number of rotatable bonds is 8. The Bertz CT molecular complexity index is 560. The van der Waals surface area contributed by atoms with E-state index in [1.807, 2.05) is 6.92 Å². The number of nitrogens with zero attached hydrogens (tertiary/aromatic N) is 1. The fourth-order valence-corrected chi connectivity index (χ4v) is 3.03. The van der Waals surface area contributed by atoms with Gasteiger partial charge in [-0.3, -0.25) is 4.79 Å². The Hall–Kier alpha value is -1.67. The Balaban J connectivity index is 2.94. The van der Waals surface area contributed by atoms with Crippen LogP contribution in [0, 0.1) is 0 Å². The van der Waals surface area contributed by atoms with Crippen LogP contribution < -0.4 is 15.8 Å². The van der Waals surface area contributed by atoms with Crippen molar-refractivity contribution in [3.05, 3.63) is 18.3 Å². The van der Waals surface area contributed by atoms with Crippen LogP contribution >= 0.6 is 0 Å². The molecule has 0 aliphatic carbocycles. The van der Waals surface area contributed by atoms with Crippen LogP contribution in [0.25, 0.3) is 0 Å². The van der Waals surface area contributed by atoms with Crippen molar-refractivity contribution in [1.82, 2.24) is 9.71 Å². The minimum atomic E-state index is -3.75. The number of carbonyl (C=O) groups excluding carboxylic acids is 1. The third kappa shape index (κ3) is 4.78. The molecule has 112 valence electrons. The fraction of sp³-hybridized carbons (Fsp3) is 0.500. The molecule has 0 radical (unpaired) electrons. The van der Waals surface area contributed by atoms with Crippen LogP contribution in [0.2, 0.25) is 0 Å². The first kappa shape index (κ1) is 16.4. The zero-order chi connectivity index (χ0) is 15.2. The summed E-state index contributed by atoms with van der Waals surface area (Å²) in [5, 5.41) is 2.96. The van der Waals surface area contributed by atoms with Gasteiger partial charge in [-0.25, -0.2) is 18.1 Å². The van der Waals surface area contributed by atoms with Crippen LogP contribution in [-0.2, 0) is 14.8 Å². The number of amides is 1. The molecule has 0 aliphatic rings. The maximum atomic E-state index is 12.3. The van der Waals surface area contributed by atoms with Crippen molar-refractivity contribution in [1.29, 1.82) is 0 Å². The first-order chi connectivity index (χ1) is 9.36. The Morgan fingerprint density at radius 2 is 2.20 bits per heavy atom. The standard InChI is InChI=1S/C12H20N4O3S/c1-3-6-14-12-10(5-4-7-15-12)20(18,19)16-9(2)8-11(13)17/h4-5,7,9,16H,3,6,8H2,1-2H3,(H2,13,17)(H,14,15). The molecule has 0 bridgehead atoms. The Labute approximate surface area is 119 Å². The summed E-state index contributed by atoms with van der Waals surface area (Å²) in [7, 11) is -3.75. The molecule has 0 saturated heterocycles. The molecule has 0 fully saturated rings. The lowest BCUT2D eigenvalue weighted by Gasteiger charge is -2.15. The van der Waals surface area contributed by atoms with E-state index in [1.54, 1.807) is 13.0 Å². The largest absolute Gasteiger partial charge is 0.370 e. The van der Waals surface area contributed by atoms with Gasteiger partial charge in [0.1, 0.15) is 10.7 Å². The second-order valence-electron chi connectivity index (χ2n) is 4.47. The minimum Gasteiger partial charge on any atom is -0.370 e. The summed E-state index contributed by atoms with van der Waals surface area (Å²) in [6, 6.07) is 2.44. The summed E-state index contributed by atoms with van der Waals surface area (Å²) in [4.78, 5) is 14.9. The summed E-state index contributed by atoms with van der Waals surface area (Å²) in [6.07, 6.45) is 2.31. The molecule has 20 heavy (non-hydrogen) atoms. The molecule has 1 rings (SSSR count). The molecule has 1 amide bonds. The van der Waals surface area contributed by atoms with E-state index in [9.17, 15) is 13.2 Å². The van der Waals surface area contributed by atoms with E-state index < -0.39 is 22.0 Å². The molecule has 0 aromatic carbocycles. The van der Waals surface area contributed by atoms with Gasteiger partial charge in [0.05, 0.1) is 0 Å². The highest BCUT2D eigenvalue weighted by atomic mass is 32.2. The van der Waals surface area contributed by atoms with Crippen LogP contribution in [0.5, 0.6) is 0 Å². The highest BCUT2D eigenvalue weighted by molar-refractivity contribution is 7.89. The molecule has 1 heterocycles. The fourth-order valence-electron chi connectivity index (χ4n) is 1.66. The SMILES string of the molecule is CCCNc1ncccc1S(=O)(=O)NC(C)CC(N)=O. The summed E-state index contributed by atoms with van der Waals surface area (Å²) in [5.41, 5.74) is 5.05. The van der Waals surface area contributed by atoms with Crippen molar-refractivity contribution in [2.45, 2.75) is 37.6 Å². The normalized spacial score (nSPS) is 12.9. The van der Waals surface area contributed by atoms with E-state index >= 15 is 0 Å². The second-order valence-corrected chi connectivity index (χ2v) is 6.15. The Kier molecular flexibility index (Phi) is 5.90. The summed E-state index contributed by atoms with van der Waals surface area (Å²) in [5.74, 6) is -0.260. The van der Waals surface area contributed by atoms with Gasteiger partial charge in [0, 0.05) is 25.2 Å². The Morgan fingerprint density at radius 3 is 2.80 bits per heavy atom. The van der Waals surface area contributed by atoms with Crippen LogP contribution in [0.4, 0.5) is 5.82 Å². The predicted molar refractivity (Wildman–Crippen MR) is 76.6 cm³/mol. The molecule has 7 nitrogen and oxygen atoms in total. The number of primary amides is 1. The maximum absolute atomic E-state index is 12.3. The smallest absolute Gasteiger partial charge is 0.244 e. The molecule has 1 unspecified atom stereocenters. The van der Waals surface area contributed by atoms with Gasteiger partial charge in [-0.1, -0.05) is 6.92 Å². The van der Waals surface area contributed by atoms with E-state index in [2.05, 4.69) is 15.0 Å². The number of nitrogens with two attached hydrogens (primary N) is 1. The van der Waals surface area contributed by atoms with E-state index in [0.717, 1.165) is 6.42 Å². The highest BCUT2D eigenvalue weighted by Crippen LogP contribution is 2.18. The third-order valence-electron chi connectivity index (χ3n) is 2.47. The van der Waals surface area contributed by atoms with Crippen molar-refractivity contribution in [2.75, 3.05) is 11.9 Å². The lowest BCUT2D eigenvalue weighted by atomic mass is 10.2. The highest BCUT2D eigenvalue weighted by Gasteiger charge is 2.22. The van der Waals surface area contributed by atoms with Gasteiger partial charge in [0.2, 0.25) is 15.9 Å². The zero-order valence-corrected chi connectivity index (χ0v) is 12.4. The number of anilines is 1. The summed E-state index contributed by atoms with van der Waals surface area (Å²) in [6.45, 7) is 4.17. The minimum absolute atomic E-state index is 0.0583. The molecule has 1 atom stereocenters. The van der Waals surface area contributed by atoms with Crippen LogP contribution in [-0.4, -0.2) is 31.9 Å². The summed E-state index contributed by atoms with van der Waals surface area (Å²) >= 11 is 0. The lowest BCUT2D eigenvalue weighted by Crippen LogP contribution is -2.36. The van der Waals surface area contributed by atoms with Crippen LogP contribution in [0.3, 0.4) is 0 Å². The molecule has 1 aromatic rings. The summed E-state index contributed by atoms with van der Waals surface area (Å²) < 4.78 is 26.9. The number of sulfonamides is 1. The van der Waals surface area contributed by atoms with Gasteiger partial charge in [-0.2, -0.15) is 0 Å². The van der Waals surface area contributed by atoms with Gasteiger partial charge < -0.3 is 11.1 Å². The zero-order valence-electron chi connectivity index (χ0n) is 11.6. The number of carbonyl (C=O) groups is 1. The monoisotopic (exact) mass is 300 g/mol. The number of nitrogens with one attached hydrogen (secondary N) is 2. The van der Waals surface area contributed by atoms with Crippen LogP contribution in [0.1, 0.15) is 26.7 Å². The van der Waals surface area contributed by atoms with Gasteiger partial charge >= 0.3 is 0 Å². The molecule has 8 heteroatoms. The second kappa shape index (κ2) is 7.20.